The molecular weight excluding hydrogens is 460 g/mol. The Balaban J connectivity index is 1.75. The monoisotopic (exact) mass is 500 g/mol. The van der Waals surface area contributed by atoms with Crippen LogP contribution in [0, 0.1) is 6.92 Å². The zero-order valence-electron chi connectivity index (χ0n) is 22.4. The smallest absolute Gasteiger partial charge is 0.407 e. The van der Waals surface area contributed by atoms with E-state index in [-0.39, 0.29) is 17.9 Å². The van der Waals surface area contributed by atoms with Gasteiger partial charge in [0.05, 0.1) is 0 Å². The van der Waals surface area contributed by atoms with Crippen LogP contribution in [-0.4, -0.2) is 47.4 Å². The van der Waals surface area contributed by atoms with Crippen LogP contribution in [0.25, 0.3) is 11.1 Å². The zero-order chi connectivity index (χ0) is 26.2. The van der Waals surface area contributed by atoms with Crippen LogP contribution in [0.2, 0.25) is 0 Å². The normalized spacial score (nSPS) is 19.6. The summed E-state index contributed by atoms with van der Waals surface area (Å²) >= 11 is 0. The van der Waals surface area contributed by atoms with Gasteiger partial charge in [-0.2, -0.15) is 0 Å². The van der Waals surface area contributed by atoms with Crippen LogP contribution in [0.1, 0.15) is 73.1 Å². The lowest BCUT2D eigenvalue weighted by Gasteiger charge is -2.45. The van der Waals surface area contributed by atoms with Crippen molar-refractivity contribution in [2.75, 3.05) is 20.3 Å². The maximum absolute atomic E-state index is 12.3. The number of rotatable bonds is 10. The molecule has 5 nitrogen and oxygen atoms in total. The summed E-state index contributed by atoms with van der Waals surface area (Å²) in [7, 11) is 1.75. The van der Waals surface area contributed by atoms with E-state index in [1.807, 2.05) is 18.5 Å². The number of nitrogens with zero attached hydrogens (tertiary/aromatic N) is 2. The highest BCUT2D eigenvalue weighted by molar-refractivity contribution is 5.69. The average molecular weight is 501 g/mol. The molecule has 3 aromatic rings. The maximum Gasteiger partial charge on any atom is 0.407 e. The van der Waals surface area contributed by atoms with Crippen LogP contribution in [0.15, 0.2) is 67.0 Å². The van der Waals surface area contributed by atoms with Crippen LogP contribution in [-0.2, 0) is 11.2 Å². The van der Waals surface area contributed by atoms with Crippen molar-refractivity contribution in [3.8, 4) is 11.1 Å². The second-order valence-electron chi connectivity index (χ2n) is 10.2. The van der Waals surface area contributed by atoms with Crippen molar-refractivity contribution >= 4 is 6.09 Å². The average Bonchev–Trinajstić information content (AvgIpc) is 2.92. The predicted molar refractivity (Wildman–Crippen MR) is 149 cm³/mol. The Labute approximate surface area is 221 Å². The molecule has 3 unspecified atom stereocenters. The lowest BCUT2D eigenvalue weighted by molar-refractivity contribution is 0.0840. The van der Waals surface area contributed by atoms with Crippen molar-refractivity contribution in [3.63, 3.8) is 0 Å². The largest absolute Gasteiger partial charge is 0.465 e. The fourth-order valence-corrected chi connectivity index (χ4v) is 6.11. The van der Waals surface area contributed by atoms with Gasteiger partial charge < -0.3 is 14.7 Å². The number of likely N-dealkylation sites (tertiary alicyclic amines) is 1. The standard InChI is InChI=1S/C32H40N2O3/c1-4-5-14-30-31(29(17-19-34(30)32(35)36)26-11-8-18-33-22-26)27-16-15-25(21-23(27)2)28-13-7-6-10-24(28)12-9-20-37-3/h6-8,10-11,13,15-16,18,21-22,29-31H,4-5,9,12,14,17,19-20H2,1-3H3,(H,35,36). The Kier molecular flexibility index (Phi) is 9.34. The van der Waals surface area contributed by atoms with Gasteiger partial charge in [0.25, 0.3) is 0 Å². The van der Waals surface area contributed by atoms with Crippen LogP contribution < -0.4 is 0 Å². The molecule has 1 saturated heterocycles. The number of hydrogen-bond donors (Lipinski definition) is 1. The van der Waals surface area contributed by atoms with Gasteiger partial charge in [0.1, 0.15) is 0 Å². The SMILES string of the molecule is CCCCC1C(c2ccc(-c3ccccc3CCCOC)cc2C)C(c2cccnc2)CCN1C(=O)O. The highest BCUT2D eigenvalue weighted by atomic mass is 16.5. The number of aryl methyl sites for hydroxylation is 2. The second kappa shape index (κ2) is 12.9. The molecule has 0 aliphatic carbocycles. The number of carbonyl (C=O) groups is 1. The molecule has 3 atom stereocenters. The van der Waals surface area contributed by atoms with Crippen LogP contribution in [0.5, 0.6) is 0 Å². The number of ether oxygens (including phenoxy) is 1. The minimum absolute atomic E-state index is 0.0534. The van der Waals surface area contributed by atoms with Gasteiger partial charge in [0, 0.05) is 44.6 Å². The van der Waals surface area contributed by atoms with E-state index in [1.165, 1.54) is 33.4 Å². The molecule has 0 spiro atoms. The summed E-state index contributed by atoms with van der Waals surface area (Å²) in [5.41, 5.74) is 7.47. The molecule has 0 saturated carbocycles. The molecule has 1 aliphatic rings. The topological polar surface area (TPSA) is 62.7 Å². The van der Waals surface area contributed by atoms with E-state index in [2.05, 4.69) is 67.4 Å². The summed E-state index contributed by atoms with van der Waals surface area (Å²) < 4.78 is 5.27. The number of benzene rings is 2. The third-order valence-electron chi connectivity index (χ3n) is 7.89. The van der Waals surface area contributed by atoms with Gasteiger partial charge in [-0.25, -0.2) is 4.79 Å². The van der Waals surface area contributed by atoms with E-state index in [4.69, 9.17) is 4.74 Å². The first-order valence-corrected chi connectivity index (χ1v) is 13.6. The van der Waals surface area contributed by atoms with Crippen LogP contribution in [0.3, 0.4) is 0 Å². The Hall–Kier alpha value is -3.18. The van der Waals surface area contributed by atoms with Gasteiger partial charge in [0.15, 0.2) is 0 Å². The van der Waals surface area contributed by atoms with Crippen LogP contribution >= 0.6 is 0 Å². The summed E-state index contributed by atoms with van der Waals surface area (Å²) in [6.07, 6.45) is 8.65. The summed E-state index contributed by atoms with van der Waals surface area (Å²) in [5, 5.41) is 10.1. The summed E-state index contributed by atoms with van der Waals surface area (Å²) in [6, 6.07) is 19.5. The Bertz CT molecular complexity index is 1160. The molecule has 1 N–H and O–H groups in total. The first-order valence-electron chi connectivity index (χ1n) is 13.6. The zero-order valence-corrected chi connectivity index (χ0v) is 22.4. The van der Waals surface area contributed by atoms with Gasteiger partial charge in [-0.05, 0) is 78.0 Å². The van der Waals surface area contributed by atoms with E-state index < -0.39 is 6.09 Å². The van der Waals surface area contributed by atoms with Gasteiger partial charge in [-0.3, -0.25) is 4.98 Å². The van der Waals surface area contributed by atoms with E-state index in [0.717, 1.165) is 45.1 Å². The highest BCUT2D eigenvalue weighted by Gasteiger charge is 2.42. The molecule has 1 amide bonds. The predicted octanol–water partition coefficient (Wildman–Crippen LogP) is 7.45. The lowest BCUT2D eigenvalue weighted by atomic mass is 9.70. The molecule has 37 heavy (non-hydrogen) atoms. The van der Waals surface area contributed by atoms with E-state index in [1.54, 1.807) is 12.0 Å². The Morgan fingerprint density at radius 3 is 2.68 bits per heavy atom. The summed E-state index contributed by atoms with van der Waals surface area (Å²) in [6.45, 7) is 5.67. The molecule has 0 radical (unpaired) electrons. The highest BCUT2D eigenvalue weighted by Crippen LogP contribution is 2.46. The quantitative estimate of drug-likeness (QED) is 0.294. The van der Waals surface area contributed by atoms with Gasteiger partial charge >= 0.3 is 6.09 Å². The second-order valence-corrected chi connectivity index (χ2v) is 10.2. The fourth-order valence-electron chi connectivity index (χ4n) is 6.11. The van der Waals surface area contributed by atoms with Gasteiger partial charge in [-0.15, -0.1) is 0 Å². The van der Waals surface area contributed by atoms with Crippen molar-refractivity contribution in [1.29, 1.82) is 0 Å². The van der Waals surface area contributed by atoms with Crippen molar-refractivity contribution in [2.45, 2.75) is 70.3 Å². The molecule has 1 aliphatic heterocycles. The third-order valence-corrected chi connectivity index (χ3v) is 7.89. The van der Waals surface area contributed by atoms with Crippen molar-refractivity contribution in [1.82, 2.24) is 9.88 Å². The molecular formula is C32H40N2O3. The van der Waals surface area contributed by atoms with Gasteiger partial charge in [0.2, 0.25) is 0 Å². The number of hydrogen-bond acceptors (Lipinski definition) is 3. The molecule has 4 rings (SSSR count). The molecule has 5 heteroatoms. The van der Waals surface area contributed by atoms with Crippen molar-refractivity contribution in [3.05, 3.63) is 89.2 Å². The molecule has 196 valence electrons. The first-order chi connectivity index (χ1) is 18.0. The number of methoxy groups -OCH3 is 1. The number of amides is 1. The number of pyridine rings is 1. The van der Waals surface area contributed by atoms with E-state index in [0.29, 0.717) is 6.54 Å². The number of aromatic nitrogens is 1. The number of unbranched alkanes of at least 4 members (excludes halogenated alkanes) is 1. The molecule has 1 aromatic heterocycles. The lowest BCUT2D eigenvalue weighted by Crippen LogP contribution is -2.49. The number of piperidine rings is 1. The van der Waals surface area contributed by atoms with Crippen molar-refractivity contribution < 1.29 is 14.6 Å². The molecule has 0 bridgehead atoms. The summed E-state index contributed by atoms with van der Waals surface area (Å²) in [4.78, 5) is 18.4. The Morgan fingerprint density at radius 2 is 1.97 bits per heavy atom. The summed E-state index contributed by atoms with van der Waals surface area (Å²) in [5.74, 6) is 0.323. The fraction of sp³-hybridized carbons (Fsp3) is 0.438. The molecule has 2 heterocycles. The molecule has 2 aromatic carbocycles. The first kappa shape index (κ1) is 26.9. The van der Waals surface area contributed by atoms with Crippen molar-refractivity contribution in [2.24, 2.45) is 0 Å². The Morgan fingerprint density at radius 1 is 1.14 bits per heavy atom. The maximum atomic E-state index is 12.3. The minimum Gasteiger partial charge on any atom is -0.465 e. The molecule has 1 fully saturated rings. The third kappa shape index (κ3) is 6.22. The number of carboxylic acid groups (broad SMARTS) is 1. The van der Waals surface area contributed by atoms with E-state index in [9.17, 15) is 9.90 Å². The van der Waals surface area contributed by atoms with E-state index >= 15 is 0 Å². The van der Waals surface area contributed by atoms with Crippen LogP contribution in [0.4, 0.5) is 4.79 Å². The van der Waals surface area contributed by atoms with Gasteiger partial charge in [-0.1, -0.05) is 68.3 Å². The minimum atomic E-state index is -0.810.